The molecule has 3 heteroatoms. The molecule has 0 aliphatic carbocycles. The monoisotopic (exact) mass is 488 g/mol. The van der Waals surface area contributed by atoms with Crippen molar-refractivity contribution in [2.24, 2.45) is 0 Å². The number of hydrogen-bond donors (Lipinski definition) is 0. The lowest BCUT2D eigenvalue weighted by Crippen LogP contribution is -2.09. The van der Waals surface area contributed by atoms with Crippen LogP contribution in [-0.4, -0.2) is 8.42 Å². The van der Waals surface area contributed by atoms with Crippen LogP contribution in [0.1, 0.15) is 24.5 Å². The highest BCUT2D eigenvalue weighted by Gasteiger charge is 2.30. The first-order valence-corrected chi connectivity index (χ1v) is 13.7. The van der Waals surface area contributed by atoms with Crippen molar-refractivity contribution in [1.82, 2.24) is 0 Å². The van der Waals surface area contributed by atoms with Gasteiger partial charge in [-0.3, -0.25) is 0 Å². The maximum absolute atomic E-state index is 14.5. The van der Waals surface area contributed by atoms with Gasteiger partial charge in [0.05, 0.1) is 9.79 Å². The molecule has 0 bridgehead atoms. The number of sulfone groups is 1. The van der Waals surface area contributed by atoms with E-state index in [0.29, 0.717) is 9.79 Å². The van der Waals surface area contributed by atoms with Crippen LogP contribution >= 0.6 is 0 Å². The first-order valence-electron chi connectivity index (χ1n) is 12.2. The number of fused-ring (bicyclic) bond motifs is 1. The van der Waals surface area contributed by atoms with E-state index in [0.717, 1.165) is 50.6 Å². The fourth-order valence-corrected chi connectivity index (χ4v) is 6.44. The molecule has 0 saturated carbocycles. The molecular weight excluding hydrogens is 460 g/mol. The Morgan fingerprint density at radius 1 is 0.639 bits per heavy atom. The molecule has 5 aromatic rings. The number of allylic oxidation sites excluding steroid dienone is 1. The van der Waals surface area contributed by atoms with Gasteiger partial charge in [-0.1, -0.05) is 122 Å². The van der Waals surface area contributed by atoms with E-state index in [1.54, 1.807) is 12.1 Å². The molecule has 0 atom stereocenters. The molecule has 0 heterocycles. The molecule has 36 heavy (non-hydrogen) atoms. The van der Waals surface area contributed by atoms with Gasteiger partial charge in [-0.25, -0.2) is 8.42 Å². The normalized spacial score (nSPS) is 11.8. The number of aryl methyl sites for hydroxylation is 1. The highest BCUT2D eigenvalue weighted by molar-refractivity contribution is 7.91. The van der Waals surface area contributed by atoms with Gasteiger partial charge in [0.15, 0.2) is 0 Å². The number of hydrogen-bond acceptors (Lipinski definition) is 2. The molecule has 2 nitrogen and oxygen atoms in total. The van der Waals surface area contributed by atoms with Crippen molar-refractivity contribution < 1.29 is 8.42 Å². The van der Waals surface area contributed by atoms with Crippen LogP contribution in [0.15, 0.2) is 125 Å². The van der Waals surface area contributed by atoms with Gasteiger partial charge in [0, 0.05) is 11.1 Å². The summed E-state index contributed by atoms with van der Waals surface area (Å²) in [5.41, 5.74) is 5.28. The summed E-state index contributed by atoms with van der Waals surface area (Å²) in [6, 6.07) is 35.2. The van der Waals surface area contributed by atoms with E-state index in [4.69, 9.17) is 0 Å². The third-order valence-electron chi connectivity index (χ3n) is 6.45. The lowest BCUT2D eigenvalue weighted by molar-refractivity contribution is 0.596. The first kappa shape index (κ1) is 23.8. The van der Waals surface area contributed by atoms with Crippen molar-refractivity contribution in [3.05, 3.63) is 126 Å². The van der Waals surface area contributed by atoms with Gasteiger partial charge in [-0.05, 0) is 52.9 Å². The van der Waals surface area contributed by atoms with E-state index in [9.17, 15) is 8.42 Å². The highest BCUT2D eigenvalue weighted by atomic mass is 32.2. The zero-order chi connectivity index (χ0) is 25.1. The molecule has 0 unspecified atom stereocenters. The Hall–Kier alpha value is -3.95. The predicted molar refractivity (Wildman–Crippen MR) is 151 cm³/mol. The fraction of sp³-hybridized carbons (Fsp3) is 0.0909. The Morgan fingerprint density at radius 3 is 1.69 bits per heavy atom. The van der Waals surface area contributed by atoms with Crippen LogP contribution in [0, 0.1) is 6.92 Å². The summed E-state index contributed by atoms with van der Waals surface area (Å²) in [6.07, 6.45) is 4.83. The van der Waals surface area contributed by atoms with E-state index in [1.807, 2.05) is 97.9 Å². The van der Waals surface area contributed by atoms with Gasteiger partial charge >= 0.3 is 0 Å². The first-order chi connectivity index (χ1) is 17.5. The molecule has 0 aromatic heterocycles. The minimum absolute atomic E-state index is 0.297. The van der Waals surface area contributed by atoms with Crippen LogP contribution in [-0.2, 0) is 9.84 Å². The standard InChI is InChI=1S/C33H28O2S/c1-3-4-17-30-31(25-13-7-5-8-14-25)28-18-11-12-19-29(28)32(26-15-9-6-10-16-26)33(30)36(34,35)27-22-20-24(2)21-23-27/h4-23H,3H2,1-2H3/b17-4+. The summed E-state index contributed by atoms with van der Waals surface area (Å²) < 4.78 is 29.0. The lowest BCUT2D eigenvalue weighted by atomic mass is 9.87. The molecule has 0 spiro atoms. The largest absolute Gasteiger partial charge is 0.218 e. The van der Waals surface area contributed by atoms with Crippen LogP contribution in [0.3, 0.4) is 0 Å². The molecular formula is C33H28O2S. The fourth-order valence-electron chi connectivity index (χ4n) is 4.75. The Bertz CT molecular complexity index is 1650. The lowest BCUT2D eigenvalue weighted by Gasteiger charge is -2.22. The van der Waals surface area contributed by atoms with E-state index >= 15 is 0 Å². The minimum Gasteiger partial charge on any atom is -0.218 e. The van der Waals surface area contributed by atoms with E-state index in [1.165, 1.54) is 0 Å². The molecule has 5 rings (SSSR count). The maximum atomic E-state index is 14.5. The third kappa shape index (κ3) is 4.27. The second kappa shape index (κ2) is 9.96. The highest BCUT2D eigenvalue weighted by Crippen LogP contribution is 2.46. The Balaban J connectivity index is 2.03. The van der Waals surface area contributed by atoms with Crippen LogP contribution in [0.5, 0.6) is 0 Å². The van der Waals surface area contributed by atoms with Crippen molar-refractivity contribution in [3.8, 4) is 22.3 Å². The summed E-state index contributed by atoms with van der Waals surface area (Å²) in [4.78, 5) is 0.644. The van der Waals surface area contributed by atoms with E-state index in [2.05, 4.69) is 25.1 Å². The molecule has 0 amide bonds. The van der Waals surface area contributed by atoms with Crippen molar-refractivity contribution in [2.75, 3.05) is 0 Å². The zero-order valence-corrected chi connectivity index (χ0v) is 21.3. The summed E-state index contributed by atoms with van der Waals surface area (Å²) >= 11 is 0. The SMILES string of the molecule is CC/C=C/c1c(S(=O)(=O)c2ccc(C)cc2)c(-c2ccccc2)c2ccccc2c1-c1ccccc1. The van der Waals surface area contributed by atoms with Crippen molar-refractivity contribution >= 4 is 26.7 Å². The molecule has 0 radical (unpaired) electrons. The summed E-state index contributed by atoms with van der Waals surface area (Å²) in [5, 5.41) is 1.95. The van der Waals surface area contributed by atoms with Crippen LogP contribution < -0.4 is 0 Å². The van der Waals surface area contributed by atoms with Crippen molar-refractivity contribution in [3.63, 3.8) is 0 Å². The smallest absolute Gasteiger partial charge is 0.207 e. The van der Waals surface area contributed by atoms with Crippen molar-refractivity contribution in [1.29, 1.82) is 0 Å². The van der Waals surface area contributed by atoms with Gasteiger partial charge in [-0.2, -0.15) is 0 Å². The molecule has 5 aromatic carbocycles. The summed E-state index contributed by atoms with van der Waals surface area (Å²) in [7, 11) is -3.87. The average Bonchev–Trinajstić information content (AvgIpc) is 2.92. The zero-order valence-electron chi connectivity index (χ0n) is 20.5. The molecule has 0 saturated heterocycles. The molecule has 0 N–H and O–H groups in total. The Morgan fingerprint density at radius 2 is 1.14 bits per heavy atom. The van der Waals surface area contributed by atoms with Crippen LogP contribution in [0.4, 0.5) is 0 Å². The molecule has 0 aliphatic rings. The molecule has 0 fully saturated rings. The topological polar surface area (TPSA) is 34.1 Å². The van der Waals surface area contributed by atoms with Crippen molar-refractivity contribution in [2.45, 2.75) is 30.1 Å². The molecule has 178 valence electrons. The third-order valence-corrected chi connectivity index (χ3v) is 8.31. The van der Waals surface area contributed by atoms with Gasteiger partial charge in [0.25, 0.3) is 0 Å². The van der Waals surface area contributed by atoms with E-state index in [-0.39, 0.29) is 0 Å². The number of rotatable bonds is 6. The van der Waals surface area contributed by atoms with E-state index < -0.39 is 9.84 Å². The average molecular weight is 489 g/mol. The van der Waals surface area contributed by atoms with Crippen LogP contribution in [0.2, 0.25) is 0 Å². The summed E-state index contributed by atoms with van der Waals surface area (Å²) in [6.45, 7) is 4.02. The maximum Gasteiger partial charge on any atom is 0.207 e. The second-order valence-corrected chi connectivity index (χ2v) is 10.8. The van der Waals surface area contributed by atoms with Gasteiger partial charge < -0.3 is 0 Å². The summed E-state index contributed by atoms with van der Waals surface area (Å²) in [5.74, 6) is 0. The predicted octanol–water partition coefficient (Wildman–Crippen LogP) is 8.74. The number of benzene rings is 5. The van der Waals surface area contributed by atoms with Crippen LogP contribution in [0.25, 0.3) is 39.1 Å². The van der Waals surface area contributed by atoms with Gasteiger partial charge in [0.1, 0.15) is 0 Å². The van der Waals surface area contributed by atoms with Gasteiger partial charge in [0.2, 0.25) is 9.84 Å². The minimum atomic E-state index is -3.87. The van der Waals surface area contributed by atoms with Gasteiger partial charge in [-0.15, -0.1) is 0 Å². The Labute approximate surface area is 213 Å². The quantitative estimate of drug-likeness (QED) is 0.239. The second-order valence-electron chi connectivity index (χ2n) is 8.90. The molecule has 0 aliphatic heterocycles. The Kier molecular flexibility index (Phi) is 6.58.